The molecule has 0 aliphatic carbocycles. The van der Waals surface area contributed by atoms with Gasteiger partial charge >= 0.3 is 0 Å². The van der Waals surface area contributed by atoms with Crippen molar-refractivity contribution < 1.29 is 9.84 Å². The van der Waals surface area contributed by atoms with Crippen LogP contribution in [0.25, 0.3) is 0 Å². The van der Waals surface area contributed by atoms with Crippen LogP contribution in [0.5, 0.6) is 5.75 Å². The highest BCUT2D eigenvalue weighted by Gasteiger charge is 2.10. The Morgan fingerprint density at radius 1 is 1.39 bits per heavy atom. The zero-order valence-corrected chi connectivity index (χ0v) is 12.9. The molecule has 4 heteroatoms. The molecule has 0 saturated heterocycles. The predicted octanol–water partition coefficient (Wildman–Crippen LogP) is 3.02. The summed E-state index contributed by atoms with van der Waals surface area (Å²) in [7, 11) is 0. The first-order valence-corrected chi connectivity index (χ1v) is 7.18. The summed E-state index contributed by atoms with van der Waals surface area (Å²) in [6.45, 7) is 8.08. The lowest BCUT2D eigenvalue weighted by Gasteiger charge is -2.17. The summed E-state index contributed by atoms with van der Waals surface area (Å²) in [5.41, 5.74) is 2.20. The zero-order valence-electron chi connectivity index (χ0n) is 11.3. The number of nitrogens with one attached hydrogen (secondary N) is 1. The highest BCUT2D eigenvalue weighted by Crippen LogP contribution is 2.28. The van der Waals surface area contributed by atoms with Crippen LogP contribution in [0.15, 0.2) is 16.6 Å². The largest absolute Gasteiger partial charge is 0.490 e. The molecule has 3 nitrogen and oxygen atoms in total. The summed E-state index contributed by atoms with van der Waals surface area (Å²) in [6.07, 6.45) is 0.304. The van der Waals surface area contributed by atoms with Gasteiger partial charge in [-0.05, 0) is 37.6 Å². The molecular formula is C14H22BrNO2. The van der Waals surface area contributed by atoms with Crippen molar-refractivity contribution in [1.82, 2.24) is 5.32 Å². The molecule has 0 spiro atoms. The van der Waals surface area contributed by atoms with Crippen molar-refractivity contribution in [3.8, 4) is 5.75 Å². The van der Waals surface area contributed by atoms with E-state index >= 15 is 0 Å². The van der Waals surface area contributed by atoms with Crippen LogP contribution in [-0.2, 0) is 6.54 Å². The summed E-state index contributed by atoms with van der Waals surface area (Å²) in [4.78, 5) is 0. The third-order valence-corrected chi connectivity index (χ3v) is 3.23. The standard InChI is InChI=1S/C14H22BrNO2/c1-4-13(17)9-18-14-10(3)6-12(15)7-11(14)8-16-5-2/h6-7,13,16-17H,4-5,8-9H2,1-3H3. The lowest BCUT2D eigenvalue weighted by atomic mass is 10.1. The number of hydrogen-bond acceptors (Lipinski definition) is 3. The predicted molar refractivity (Wildman–Crippen MR) is 78.1 cm³/mol. The number of benzene rings is 1. The number of halogens is 1. The summed E-state index contributed by atoms with van der Waals surface area (Å²) >= 11 is 3.50. The number of aryl methyl sites for hydroxylation is 1. The number of ether oxygens (including phenoxy) is 1. The van der Waals surface area contributed by atoms with Gasteiger partial charge in [-0.2, -0.15) is 0 Å². The van der Waals surface area contributed by atoms with Crippen molar-refractivity contribution in [3.63, 3.8) is 0 Å². The van der Waals surface area contributed by atoms with Gasteiger partial charge in [0.15, 0.2) is 0 Å². The fourth-order valence-corrected chi connectivity index (χ4v) is 2.31. The molecule has 0 radical (unpaired) electrons. The van der Waals surface area contributed by atoms with Gasteiger partial charge < -0.3 is 15.2 Å². The van der Waals surface area contributed by atoms with Gasteiger partial charge in [-0.1, -0.05) is 29.8 Å². The second-order valence-corrected chi connectivity index (χ2v) is 5.28. The third-order valence-electron chi connectivity index (χ3n) is 2.77. The lowest BCUT2D eigenvalue weighted by molar-refractivity contribution is 0.103. The minimum absolute atomic E-state index is 0.345. The summed E-state index contributed by atoms with van der Waals surface area (Å²) in [6, 6.07) is 4.09. The van der Waals surface area contributed by atoms with Crippen LogP contribution >= 0.6 is 15.9 Å². The van der Waals surface area contributed by atoms with Gasteiger partial charge in [0.05, 0.1) is 6.10 Å². The summed E-state index contributed by atoms with van der Waals surface area (Å²) < 4.78 is 6.81. The van der Waals surface area contributed by atoms with E-state index in [-0.39, 0.29) is 0 Å². The van der Waals surface area contributed by atoms with Crippen LogP contribution in [0.1, 0.15) is 31.4 Å². The maximum absolute atomic E-state index is 9.58. The molecule has 0 heterocycles. The minimum atomic E-state index is -0.403. The summed E-state index contributed by atoms with van der Waals surface area (Å²) in [5, 5.41) is 12.9. The minimum Gasteiger partial charge on any atom is -0.490 e. The SMILES string of the molecule is CCNCc1cc(Br)cc(C)c1OCC(O)CC. The molecule has 2 N–H and O–H groups in total. The quantitative estimate of drug-likeness (QED) is 0.812. The van der Waals surface area contributed by atoms with Gasteiger partial charge in [-0.25, -0.2) is 0 Å². The first-order valence-electron chi connectivity index (χ1n) is 6.39. The molecule has 0 saturated carbocycles. The molecule has 0 aliphatic rings. The molecule has 0 fully saturated rings. The molecule has 0 bridgehead atoms. The van der Waals surface area contributed by atoms with Crippen LogP contribution in [-0.4, -0.2) is 24.4 Å². The van der Waals surface area contributed by atoms with E-state index in [0.717, 1.165) is 34.4 Å². The maximum Gasteiger partial charge on any atom is 0.126 e. The van der Waals surface area contributed by atoms with Crippen LogP contribution in [0.2, 0.25) is 0 Å². The molecule has 18 heavy (non-hydrogen) atoms. The Labute approximate surface area is 118 Å². The van der Waals surface area contributed by atoms with E-state index in [2.05, 4.69) is 34.2 Å². The number of rotatable bonds is 7. The zero-order chi connectivity index (χ0) is 13.5. The van der Waals surface area contributed by atoms with Gasteiger partial charge in [0, 0.05) is 16.6 Å². The average molecular weight is 316 g/mol. The van der Waals surface area contributed by atoms with Crippen molar-refractivity contribution in [2.24, 2.45) is 0 Å². The molecule has 1 aromatic carbocycles. The van der Waals surface area contributed by atoms with Crippen LogP contribution in [0.3, 0.4) is 0 Å². The highest BCUT2D eigenvalue weighted by atomic mass is 79.9. The van der Waals surface area contributed by atoms with Gasteiger partial charge in [0.25, 0.3) is 0 Å². The maximum atomic E-state index is 9.58. The Morgan fingerprint density at radius 3 is 2.72 bits per heavy atom. The van der Waals surface area contributed by atoms with Crippen molar-refractivity contribution >= 4 is 15.9 Å². The van der Waals surface area contributed by atoms with Gasteiger partial charge in [0.1, 0.15) is 12.4 Å². The fourth-order valence-electron chi connectivity index (χ4n) is 1.69. The Morgan fingerprint density at radius 2 is 2.11 bits per heavy atom. The number of aliphatic hydroxyl groups excluding tert-OH is 1. The van der Waals surface area contributed by atoms with Gasteiger partial charge in [-0.15, -0.1) is 0 Å². The van der Waals surface area contributed by atoms with Crippen molar-refractivity contribution in [3.05, 3.63) is 27.7 Å². The average Bonchev–Trinajstić information content (AvgIpc) is 2.34. The second-order valence-electron chi connectivity index (χ2n) is 4.36. The molecule has 0 aliphatic heterocycles. The Hall–Kier alpha value is -0.580. The van der Waals surface area contributed by atoms with Crippen molar-refractivity contribution in [2.75, 3.05) is 13.2 Å². The summed E-state index contributed by atoms with van der Waals surface area (Å²) in [5.74, 6) is 0.881. The van der Waals surface area contributed by atoms with Crippen LogP contribution < -0.4 is 10.1 Å². The van der Waals surface area contributed by atoms with E-state index in [9.17, 15) is 5.11 Å². The third kappa shape index (κ3) is 4.59. The van der Waals surface area contributed by atoms with Crippen molar-refractivity contribution in [2.45, 2.75) is 39.8 Å². The van der Waals surface area contributed by atoms with E-state index in [1.54, 1.807) is 0 Å². The molecule has 102 valence electrons. The van der Waals surface area contributed by atoms with E-state index < -0.39 is 6.10 Å². The smallest absolute Gasteiger partial charge is 0.126 e. The topological polar surface area (TPSA) is 41.5 Å². The van der Waals surface area contributed by atoms with E-state index in [4.69, 9.17) is 4.74 Å². The molecule has 1 aromatic rings. The van der Waals surface area contributed by atoms with Gasteiger partial charge in [0.2, 0.25) is 0 Å². The van der Waals surface area contributed by atoms with Crippen molar-refractivity contribution in [1.29, 1.82) is 0 Å². The van der Waals surface area contributed by atoms with E-state index in [1.165, 1.54) is 0 Å². The van der Waals surface area contributed by atoms with E-state index in [0.29, 0.717) is 13.0 Å². The van der Waals surface area contributed by atoms with Gasteiger partial charge in [-0.3, -0.25) is 0 Å². The molecule has 0 aromatic heterocycles. The Balaban J connectivity index is 2.85. The first kappa shape index (κ1) is 15.5. The number of aliphatic hydroxyl groups is 1. The first-order chi connectivity index (χ1) is 8.58. The molecule has 0 amide bonds. The van der Waals surface area contributed by atoms with E-state index in [1.807, 2.05) is 19.9 Å². The molecule has 1 rings (SSSR count). The monoisotopic (exact) mass is 315 g/mol. The second kappa shape index (κ2) is 7.77. The van der Waals surface area contributed by atoms with Crippen LogP contribution in [0, 0.1) is 6.92 Å². The van der Waals surface area contributed by atoms with Crippen LogP contribution in [0.4, 0.5) is 0 Å². The Bertz CT molecular complexity index is 382. The highest BCUT2D eigenvalue weighted by molar-refractivity contribution is 9.10. The molecule has 1 atom stereocenters. The number of hydrogen-bond donors (Lipinski definition) is 2. The fraction of sp³-hybridized carbons (Fsp3) is 0.571. The molecule has 1 unspecified atom stereocenters. The normalized spacial score (nSPS) is 12.5. The lowest BCUT2D eigenvalue weighted by Crippen LogP contribution is -2.18. The molecular weight excluding hydrogens is 294 g/mol. The Kier molecular flexibility index (Phi) is 6.68.